The number of amides is 2. The average Bonchev–Trinajstić information content (AvgIpc) is 2.41. The Labute approximate surface area is 141 Å². The second-order valence-electron chi connectivity index (χ2n) is 5.07. The first-order valence-electron chi connectivity index (χ1n) is 6.90. The molecule has 2 amide bonds. The number of carbonyl (C=O) groups is 2. The second kappa shape index (κ2) is 6.87. The van der Waals surface area contributed by atoms with Crippen LogP contribution in [0, 0.1) is 5.41 Å². The van der Waals surface area contributed by atoms with Gasteiger partial charge in [-0.25, -0.2) is 4.99 Å². The van der Waals surface area contributed by atoms with Gasteiger partial charge in [0.15, 0.2) is 0 Å². The van der Waals surface area contributed by atoms with Crippen molar-refractivity contribution in [1.29, 1.82) is 0 Å². The Hall–Kier alpha value is -0.650. The van der Waals surface area contributed by atoms with E-state index in [-0.39, 0.29) is 29.6 Å². The first-order valence-corrected chi connectivity index (χ1v) is 6.90. The summed E-state index contributed by atoms with van der Waals surface area (Å²) in [6.45, 7) is 3.58. The van der Waals surface area contributed by atoms with Gasteiger partial charge >= 0.3 is 29.6 Å². The molecule has 0 radical (unpaired) electrons. The summed E-state index contributed by atoms with van der Waals surface area (Å²) < 4.78 is 0. The molecule has 104 valence electrons. The quantitative estimate of drug-likeness (QED) is 0.460. The number of hydrogen-bond acceptors (Lipinski definition) is 3. The van der Waals surface area contributed by atoms with Crippen LogP contribution < -0.4 is 34.7 Å². The van der Waals surface area contributed by atoms with E-state index in [9.17, 15) is 14.7 Å². The molecule has 0 aromatic carbocycles. The fraction of sp³-hybridized carbons (Fsp3) is 0.643. The number of aliphatic imine (C=N–C) groups is 1. The Kier molecular flexibility index (Phi) is 5.98. The van der Waals surface area contributed by atoms with Gasteiger partial charge in [0, 0.05) is 5.70 Å². The molecule has 0 aromatic heterocycles. The predicted molar refractivity (Wildman–Crippen MR) is 68.9 cm³/mol. The SMILES string of the molecule is CCC1(CC)C(=O)N=C([O-])N(C2=CCCCC2)C1=O.[Na+]. The largest absolute Gasteiger partial charge is 1.00 e. The number of carbonyl (C=O) groups excluding carboxylic acids is 2. The summed E-state index contributed by atoms with van der Waals surface area (Å²) in [7, 11) is 0. The normalized spacial score (nSPS) is 22.0. The van der Waals surface area contributed by atoms with Gasteiger partial charge in [0.25, 0.3) is 5.91 Å². The Bertz CT molecular complexity index is 467. The molecule has 0 aromatic rings. The van der Waals surface area contributed by atoms with E-state index in [1.54, 1.807) is 13.8 Å². The van der Waals surface area contributed by atoms with Gasteiger partial charge in [-0.2, -0.15) is 0 Å². The molecule has 0 unspecified atom stereocenters. The van der Waals surface area contributed by atoms with Crippen molar-refractivity contribution in [3.8, 4) is 0 Å². The monoisotopic (exact) mass is 286 g/mol. The molecule has 0 fully saturated rings. The molecular formula is C14H19N2NaO3. The van der Waals surface area contributed by atoms with Crippen molar-refractivity contribution in [2.24, 2.45) is 10.4 Å². The first-order chi connectivity index (χ1) is 9.06. The molecule has 0 saturated carbocycles. The van der Waals surface area contributed by atoms with E-state index in [0.29, 0.717) is 25.0 Å². The maximum Gasteiger partial charge on any atom is 1.00 e. The van der Waals surface area contributed by atoms with Crippen LogP contribution >= 0.6 is 0 Å². The molecule has 2 aliphatic rings. The molecule has 1 aliphatic heterocycles. The number of rotatable bonds is 3. The molecule has 1 heterocycles. The van der Waals surface area contributed by atoms with Crippen molar-refractivity contribution in [3.63, 3.8) is 0 Å². The van der Waals surface area contributed by atoms with Crippen LogP contribution in [-0.4, -0.2) is 22.7 Å². The second-order valence-corrected chi connectivity index (χ2v) is 5.07. The van der Waals surface area contributed by atoms with Crippen LogP contribution in [0.25, 0.3) is 0 Å². The van der Waals surface area contributed by atoms with Gasteiger partial charge in [0.2, 0.25) is 5.91 Å². The van der Waals surface area contributed by atoms with Crippen molar-refractivity contribution in [3.05, 3.63) is 11.8 Å². The predicted octanol–water partition coefficient (Wildman–Crippen LogP) is -1.66. The maximum absolute atomic E-state index is 12.6. The van der Waals surface area contributed by atoms with Crippen LogP contribution in [0.5, 0.6) is 0 Å². The molecule has 6 heteroatoms. The van der Waals surface area contributed by atoms with Gasteiger partial charge in [-0.15, -0.1) is 0 Å². The zero-order chi connectivity index (χ0) is 14.0. The Balaban J connectivity index is 0.00000200. The summed E-state index contributed by atoms with van der Waals surface area (Å²) in [5, 5.41) is 11.9. The molecule has 0 saturated heterocycles. The Morgan fingerprint density at radius 1 is 1.30 bits per heavy atom. The van der Waals surface area contributed by atoms with Crippen LogP contribution in [0.4, 0.5) is 0 Å². The van der Waals surface area contributed by atoms with Crippen molar-refractivity contribution in [2.75, 3.05) is 0 Å². The smallest absolute Gasteiger partial charge is 0.845 e. The maximum atomic E-state index is 12.6. The van der Waals surface area contributed by atoms with Crippen LogP contribution in [0.2, 0.25) is 0 Å². The standard InChI is InChI=1S/C14H20N2O3.Na/c1-3-14(4-2)11(17)15-13(19)16(12(14)18)10-8-6-5-7-9-10;/h8H,3-7,9H2,1-2H3,(H,15,17,19);/q;+1/p-1. The topological polar surface area (TPSA) is 72.8 Å². The third kappa shape index (κ3) is 2.71. The summed E-state index contributed by atoms with van der Waals surface area (Å²) in [5.74, 6) is -0.976. The van der Waals surface area contributed by atoms with Gasteiger partial charge in [-0.3, -0.25) is 14.5 Å². The minimum absolute atomic E-state index is 0. The molecule has 0 spiro atoms. The fourth-order valence-electron chi connectivity index (χ4n) is 2.77. The minimum atomic E-state index is -1.15. The summed E-state index contributed by atoms with van der Waals surface area (Å²) in [6.07, 6.45) is 6.27. The van der Waals surface area contributed by atoms with Gasteiger partial charge in [0.1, 0.15) is 5.41 Å². The molecule has 0 bridgehead atoms. The van der Waals surface area contributed by atoms with E-state index < -0.39 is 23.3 Å². The van der Waals surface area contributed by atoms with E-state index in [2.05, 4.69) is 4.99 Å². The molecule has 1 aliphatic carbocycles. The van der Waals surface area contributed by atoms with Crippen molar-refractivity contribution in [2.45, 2.75) is 52.4 Å². The fourth-order valence-corrected chi connectivity index (χ4v) is 2.77. The third-order valence-corrected chi connectivity index (χ3v) is 4.17. The summed E-state index contributed by atoms with van der Waals surface area (Å²) >= 11 is 0. The molecule has 0 atom stereocenters. The number of nitrogens with zero attached hydrogens (tertiary/aromatic N) is 2. The summed E-state index contributed by atoms with van der Waals surface area (Å²) in [5.41, 5.74) is -0.435. The summed E-state index contributed by atoms with van der Waals surface area (Å²) in [4.78, 5) is 29.3. The third-order valence-electron chi connectivity index (χ3n) is 4.17. The van der Waals surface area contributed by atoms with Gasteiger partial charge in [0.05, 0.1) is 6.02 Å². The van der Waals surface area contributed by atoms with E-state index in [0.717, 1.165) is 24.2 Å². The molecule has 5 nitrogen and oxygen atoms in total. The van der Waals surface area contributed by atoms with E-state index in [4.69, 9.17) is 0 Å². The van der Waals surface area contributed by atoms with Crippen molar-refractivity contribution >= 4 is 17.8 Å². The molecule has 0 N–H and O–H groups in total. The molecule has 20 heavy (non-hydrogen) atoms. The van der Waals surface area contributed by atoms with Crippen LogP contribution in [0.1, 0.15) is 52.4 Å². The number of hydrogen-bond donors (Lipinski definition) is 0. The van der Waals surface area contributed by atoms with Crippen molar-refractivity contribution in [1.82, 2.24) is 4.90 Å². The van der Waals surface area contributed by atoms with Crippen molar-refractivity contribution < 1.29 is 44.3 Å². The van der Waals surface area contributed by atoms with E-state index >= 15 is 0 Å². The molecular weight excluding hydrogens is 267 g/mol. The zero-order valence-electron chi connectivity index (χ0n) is 12.4. The first kappa shape index (κ1) is 17.4. The summed E-state index contributed by atoms with van der Waals surface area (Å²) in [6, 6.07) is -0.722. The number of allylic oxidation sites excluding steroid dienone is 2. The van der Waals surface area contributed by atoms with Gasteiger partial charge in [-0.05, 0) is 38.5 Å². The van der Waals surface area contributed by atoms with Crippen LogP contribution in [0.3, 0.4) is 0 Å². The van der Waals surface area contributed by atoms with Gasteiger partial charge in [-0.1, -0.05) is 19.9 Å². The average molecular weight is 286 g/mol. The Morgan fingerprint density at radius 3 is 2.45 bits per heavy atom. The van der Waals surface area contributed by atoms with Crippen LogP contribution in [-0.2, 0) is 9.59 Å². The number of amidine groups is 1. The molecule has 2 rings (SSSR count). The van der Waals surface area contributed by atoms with E-state index in [1.165, 1.54) is 0 Å². The van der Waals surface area contributed by atoms with Crippen LogP contribution in [0.15, 0.2) is 16.8 Å². The van der Waals surface area contributed by atoms with Gasteiger partial charge < -0.3 is 5.11 Å². The minimum Gasteiger partial charge on any atom is -0.845 e. The zero-order valence-corrected chi connectivity index (χ0v) is 14.4. The van der Waals surface area contributed by atoms with E-state index in [1.807, 2.05) is 6.08 Å². The Morgan fingerprint density at radius 2 is 1.95 bits per heavy atom.